The highest BCUT2D eigenvalue weighted by Gasteiger charge is 2.22. The molecule has 114 valence electrons. The standard InChI is InChI=1S/C12H12BrFN2O4S/c1-19-10-4-7(2-3-9(10)14)16-21(17,18)11-5-8(6-15)20-12(11)13/h2-5,16H,6,15H2,1H3. The second-order valence-corrected chi connectivity index (χ2v) is 6.38. The van der Waals surface area contributed by atoms with Crippen LogP contribution in [0.5, 0.6) is 5.75 Å². The van der Waals surface area contributed by atoms with E-state index in [2.05, 4.69) is 20.7 Å². The van der Waals surface area contributed by atoms with E-state index in [1.165, 1.54) is 25.3 Å². The van der Waals surface area contributed by atoms with Gasteiger partial charge in [0.25, 0.3) is 10.0 Å². The summed E-state index contributed by atoms with van der Waals surface area (Å²) in [5.41, 5.74) is 5.56. The number of furan rings is 1. The highest BCUT2D eigenvalue weighted by Crippen LogP contribution is 2.29. The molecule has 0 radical (unpaired) electrons. The third kappa shape index (κ3) is 3.36. The molecule has 9 heteroatoms. The summed E-state index contributed by atoms with van der Waals surface area (Å²) in [6.45, 7) is 0.0679. The van der Waals surface area contributed by atoms with Crippen LogP contribution in [0.15, 0.2) is 38.2 Å². The van der Waals surface area contributed by atoms with Crippen molar-refractivity contribution in [2.24, 2.45) is 5.73 Å². The Bertz CT molecular complexity index is 761. The van der Waals surface area contributed by atoms with Crippen LogP contribution in [-0.2, 0) is 16.6 Å². The van der Waals surface area contributed by atoms with Gasteiger partial charge in [0.15, 0.2) is 16.2 Å². The molecule has 0 unspecified atom stereocenters. The number of rotatable bonds is 5. The van der Waals surface area contributed by atoms with Gasteiger partial charge in [-0.3, -0.25) is 4.72 Å². The number of methoxy groups -OCH3 is 1. The monoisotopic (exact) mass is 378 g/mol. The Morgan fingerprint density at radius 1 is 1.43 bits per heavy atom. The molecule has 0 fully saturated rings. The molecular weight excluding hydrogens is 367 g/mol. The molecule has 0 spiro atoms. The van der Waals surface area contributed by atoms with Gasteiger partial charge in [-0.2, -0.15) is 0 Å². The molecule has 2 aromatic rings. The van der Waals surface area contributed by atoms with Crippen LogP contribution < -0.4 is 15.2 Å². The first kappa shape index (κ1) is 15.8. The molecule has 2 rings (SSSR count). The largest absolute Gasteiger partial charge is 0.494 e. The lowest BCUT2D eigenvalue weighted by molar-refractivity contribution is 0.387. The topological polar surface area (TPSA) is 94.6 Å². The number of ether oxygens (including phenoxy) is 1. The van der Waals surface area contributed by atoms with E-state index in [0.29, 0.717) is 5.76 Å². The molecule has 0 aliphatic heterocycles. The summed E-state index contributed by atoms with van der Waals surface area (Å²) in [7, 11) is -2.61. The van der Waals surface area contributed by atoms with E-state index in [4.69, 9.17) is 14.9 Å². The maximum absolute atomic E-state index is 13.3. The summed E-state index contributed by atoms with van der Waals surface area (Å²) < 4.78 is 50.1. The average Bonchev–Trinajstić information content (AvgIpc) is 2.83. The molecule has 1 aromatic heterocycles. The predicted molar refractivity (Wildman–Crippen MR) is 78.1 cm³/mol. The Labute approximate surface area is 129 Å². The zero-order valence-electron chi connectivity index (χ0n) is 10.9. The Morgan fingerprint density at radius 2 is 2.14 bits per heavy atom. The first-order valence-corrected chi connectivity index (χ1v) is 7.99. The molecular formula is C12H12BrFN2O4S. The lowest BCUT2D eigenvalue weighted by Crippen LogP contribution is -2.13. The molecule has 21 heavy (non-hydrogen) atoms. The second kappa shape index (κ2) is 6.04. The number of benzene rings is 1. The van der Waals surface area contributed by atoms with Crippen molar-refractivity contribution in [3.8, 4) is 5.75 Å². The molecule has 0 bridgehead atoms. The number of hydrogen-bond donors (Lipinski definition) is 2. The van der Waals surface area contributed by atoms with Gasteiger partial charge < -0.3 is 14.9 Å². The van der Waals surface area contributed by atoms with Crippen molar-refractivity contribution in [2.45, 2.75) is 11.4 Å². The minimum atomic E-state index is -3.90. The van der Waals surface area contributed by atoms with Crippen LogP contribution in [-0.4, -0.2) is 15.5 Å². The molecule has 0 aliphatic carbocycles. The first-order chi connectivity index (χ1) is 9.87. The minimum absolute atomic E-state index is 0.0459. The second-order valence-electron chi connectivity index (χ2n) is 4.01. The summed E-state index contributed by atoms with van der Waals surface area (Å²) in [6.07, 6.45) is 0. The van der Waals surface area contributed by atoms with Crippen molar-refractivity contribution in [1.82, 2.24) is 0 Å². The van der Waals surface area contributed by atoms with Gasteiger partial charge in [0.2, 0.25) is 0 Å². The van der Waals surface area contributed by atoms with Crippen LogP contribution in [0.3, 0.4) is 0 Å². The predicted octanol–water partition coefficient (Wildman–Crippen LogP) is 2.45. The first-order valence-electron chi connectivity index (χ1n) is 5.72. The van der Waals surface area contributed by atoms with E-state index in [1.807, 2.05) is 0 Å². The van der Waals surface area contributed by atoms with Gasteiger partial charge in [-0.1, -0.05) is 0 Å². The third-order valence-corrected chi connectivity index (χ3v) is 4.84. The van der Waals surface area contributed by atoms with Crippen LogP contribution in [0, 0.1) is 5.82 Å². The van der Waals surface area contributed by atoms with E-state index in [-0.39, 0.29) is 27.5 Å². The fraction of sp³-hybridized carbons (Fsp3) is 0.167. The van der Waals surface area contributed by atoms with E-state index >= 15 is 0 Å². The third-order valence-electron chi connectivity index (χ3n) is 2.60. The van der Waals surface area contributed by atoms with Crippen LogP contribution in [0.4, 0.5) is 10.1 Å². The lowest BCUT2D eigenvalue weighted by Gasteiger charge is -2.08. The van der Waals surface area contributed by atoms with Crippen LogP contribution >= 0.6 is 15.9 Å². The van der Waals surface area contributed by atoms with Crippen LogP contribution in [0.1, 0.15) is 5.76 Å². The number of hydrogen-bond acceptors (Lipinski definition) is 5. The van der Waals surface area contributed by atoms with Gasteiger partial charge in [0.1, 0.15) is 10.7 Å². The fourth-order valence-electron chi connectivity index (χ4n) is 1.62. The summed E-state index contributed by atoms with van der Waals surface area (Å²) in [4.78, 5) is -0.0914. The van der Waals surface area contributed by atoms with Crippen molar-refractivity contribution in [1.29, 1.82) is 0 Å². The number of sulfonamides is 1. The quantitative estimate of drug-likeness (QED) is 0.832. The van der Waals surface area contributed by atoms with Gasteiger partial charge in [-0.15, -0.1) is 0 Å². The van der Waals surface area contributed by atoms with Crippen molar-refractivity contribution in [2.75, 3.05) is 11.8 Å². The van der Waals surface area contributed by atoms with E-state index in [1.54, 1.807) is 0 Å². The summed E-state index contributed by atoms with van der Waals surface area (Å²) >= 11 is 3.02. The summed E-state index contributed by atoms with van der Waals surface area (Å²) in [6, 6.07) is 4.94. The van der Waals surface area contributed by atoms with Gasteiger partial charge in [0.05, 0.1) is 19.3 Å². The van der Waals surface area contributed by atoms with Gasteiger partial charge in [0, 0.05) is 12.1 Å². The van der Waals surface area contributed by atoms with Crippen molar-refractivity contribution in [3.05, 3.63) is 40.5 Å². The van der Waals surface area contributed by atoms with E-state index < -0.39 is 15.8 Å². The Morgan fingerprint density at radius 3 is 2.71 bits per heavy atom. The molecule has 1 heterocycles. The fourth-order valence-corrected chi connectivity index (χ4v) is 3.66. The summed E-state index contributed by atoms with van der Waals surface area (Å²) in [5.74, 6) is -0.335. The molecule has 6 nitrogen and oxygen atoms in total. The van der Waals surface area contributed by atoms with Crippen molar-refractivity contribution >= 4 is 31.6 Å². The Kier molecular flexibility index (Phi) is 4.55. The van der Waals surface area contributed by atoms with Crippen LogP contribution in [0.25, 0.3) is 0 Å². The maximum Gasteiger partial charge on any atom is 0.266 e. The average molecular weight is 379 g/mol. The van der Waals surface area contributed by atoms with Gasteiger partial charge in [-0.05, 0) is 28.1 Å². The molecule has 3 N–H and O–H groups in total. The molecule has 0 amide bonds. The van der Waals surface area contributed by atoms with E-state index in [0.717, 1.165) is 6.07 Å². The number of halogens is 2. The maximum atomic E-state index is 13.3. The highest BCUT2D eigenvalue weighted by molar-refractivity contribution is 9.10. The normalized spacial score (nSPS) is 11.4. The molecule has 0 aliphatic rings. The lowest BCUT2D eigenvalue weighted by atomic mass is 10.3. The highest BCUT2D eigenvalue weighted by atomic mass is 79.9. The molecule has 0 saturated carbocycles. The van der Waals surface area contributed by atoms with Gasteiger partial charge in [-0.25, -0.2) is 12.8 Å². The van der Waals surface area contributed by atoms with Crippen molar-refractivity contribution < 1.29 is 22.0 Å². The number of nitrogens with two attached hydrogens (primary N) is 1. The smallest absolute Gasteiger partial charge is 0.266 e. The molecule has 0 atom stereocenters. The zero-order chi connectivity index (χ0) is 15.6. The Balaban J connectivity index is 2.35. The number of anilines is 1. The van der Waals surface area contributed by atoms with Crippen molar-refractivity contribution in [3.63, 3.8) is 0 Å². The molecule has 1 aromatic carbocycles. The zero-order valence-corrected chi connectivity index (χ0v) is 13.3. The SMILES string of the molecule is COc1cc(NS(=O)(=O)c2cc(CN)oc2Br)ccc1F. The molecule has 0 saturated heterocycles. The summed E-state index contributed by atoms with van der Waals surface area (Å²) in [5, 5.41) is 0. The minimum Gasteiger partial charge on any atom is -0.494 e. The van der Waals surface area contributed by atoms with E-state index in [9.17, 15) is 12.8 Å². The van der Waals surface area contributed by atoms with Gasteiger partial charge >= 0.3 is 0 Å². The Hall–Kier alpha value is -1.58. The van der Waals surface area contributed by atoms with Crippen LogP contribution in [0.2, 0.25) is 0 Å². The number of nitrogens with one attached hydrogen (secondary N) is 1.